The highest BCUT2D eigenvalue weighted by atomic mass is 32.2. The van der Waals surface area contributed by atoms with Crippen molar-refractivity contribution in [1.29, 1.82) is 0 Å². The first-order valence-corrected chi connectivity index (χ1v) is 8.06. The molecule has 1 amide bonds. The van der Waals surface area contributed by atoms with Crippen LogP contribution in [0.15, 0.2) is 59.6 Å². The van der Waals surface area contributed by atoms with Gasteiger partial charge >= 0.3 is 0 Å². The third kappa shape index (κ3) is 3.36. The number of halogens is 1. The summed E-state index contributed by atoms with van der Waals surface area (Å²) in [7, 11) is 0. The number of thioether (sulfide) groups is 1. The summed E-state index contributed by atoms with van der Waals surface area (Å²) in [5, 5.41) is 0.673. The number of amides is 1. The van der Waals surface area contributed by atoms with E-state index in [2.05, 4.69) is 4.99 Å². The van der Waals surface area contributed by atoms with E-state index in [1.165, 1.54) is 12.1 Å². The molecule has 0 spiro atoms. The fourth-order valence-corrected chi connectivity index (χ4v) is 3.19. The maximum absolute atomic E-state index is 13.3. The quantitative estimate of drug-likeness (QED) is 0.836. The molecule has 0 radical (unpaired) electrons. The molecule has 3 nitrogen and oxygen atoms in total. The predicted molar refractivity (Wildman–Crippen MR) is 88.0 cm³/mol. The van der Waals surface area contributed by atoms with Gasteiger partial charge in [-0.15, -0.1) is 0 Å². The van der Waals surface area contributed by atoms with E-state index >= 15 is 0 Å². The van der Waals surface area contributed by atoms with Gasteiger partial charge in [-0.05, 0) is 36.8 Å². The zero-order chi connectivity index (χ0) is 15.4. The third-order valence-corrected chi connectivity index (χ3v) is 4.35. The van der Waals surface area contributed by atoms with E-state index < -0.39 is 5.82 Å². The Hall–Kier alpha value is -2.14. The minimum absolute atomic E-state index is 0.207. The van der Waals surface area contributed by atoms with Gasteiger partial charge in [0.25, 0.3) is 5.91 Å². The number of benzene rings is 2. The van der Waals surface area contributed by atoms with Gasteiger partial charge in [-0.25, -0.2) is 9.38 Å². The van der Waals surface area contributed by atoms with Crippen molar-refractivity contribution >= 4 is 28.5 Å². The van der Waals surface area contributed by atoms with Gasteiger partial charge in [0.1, 0.15) is 5.82 Å². The first-order valence-electron chi connectivity index (χ1n) is 7.08. The summed E-state index contributed by atoms with van der Waals surface area (Å²) < 4.78 is 13.3. The van der Waals surface area contributed by atoms with Crippen molar-refractivity contribution in [3.8, 4) is 0 Å². The Balaban J connectivity index is 1.90. The van der Waals surface area contributed by atoms with Crippen LogP contribution in [0.25, 0.3) is 0 Å². The number of nitrogens with zero attached hydrogens (tertiary/aromatic N) is 2. The SMILES string of the molecule is O=C(c1cccc(F)c1)N1CCCSC1=Nc1ccccc1. The smallest absolute Gasteiger partial charge is 0.259 e. The molecule has 0 N–H and O–H groups in total. The molecule has 2 aromatic rings. The number of hydrogen-bond acceptors (Lipinski definition) is 3. The molecule has 5 heteroatoms. The molecule has 0 aliphatic carbocycles. The van der Waals surface area contributed by atoms with E-state index in [9.17, 15) is 9.18 Å². The van der Waals surface area contributed by atoms with Gasteiger partial charge < -0.3 is 0 Å². The summed E-state index contributed by atoms with van der Waals surface area (Å²) in [5.74, 6) is 0.317. The first-order chi connectivity index (χ1) is 10.7. The number of carbonyl (C=O) groups is 1. The van der Waals surface area contributed by atoms with E-state index in [0.29, 0.717) is 17.3 Å². The molecule has 1 aliphatic rings. The Labute approximate surface area is 132 Å². The first kappa shape index (κ1) is 14.8. The van der Waals surface area contributed by atoms with E-state index in [4.69, 9.17) is 0 Å². The molecule has 0 aromatic heterocycles. The maximum Gasteiger partial charge on any atom is 0.259 e. The molecule has 1 fully saturated rings. The van der Waals surface area contributed by atoms with E-state index in [0.717, 1.165) is 17.9 Å². The van der Waals surface area contributed by atoms with Gasteiger partial charge in [-0.3, -0.25) is 9.69 Å². The zero-order valence-electron chi connectivity index (χ0n) is 11.9. The average Bonchev–Trinajstić information content (AvgIpc) is 2.56. The van der Waals surface area contributed by atoms with E-state index in [1.54, 1.807) is 28.8 Å². The second-order valence-corrected chi connectivity index (χ2v) is 5.96. The Morgan fingerprint density at radius 2 is 1.95 bits per heavy atom. The molecule has 22 heavy (non-hydrogen) atoms. The van der Waals surface area contributed by atoms with E-state index in [-0.39, 0.29) is 5.91 Å². The number of para-hydroxylation sites is 1. The van der Waals surface area contributed by atoms with Crippen molar-refractivity contribution in [3.63, 3.8) is 0 Å². The van der Waals surface area contributed by atoms with Crippen molar-refractivity contribution in [1.82, 2.24) is 4.90 Å². The Morgan fingerprint density at radius 3 is 2.73 bits per heavy atom. The van der Waals surface area contributed by atoms with Crippen LogP contribution in [0.4, 0.5) is 10.1 Å². The summed E-state index contributed by atoms with van der Waals surface area (Å²) >= 11 is 1.55. The lowest BCUT2D eigenvalue weighted by atomic mass is 10.2. The number of rotatable bonds is 2. The number of hydrogen-bond donors (Lipinski definition) is 0. The lowest BCUT2D eigenvalue weighted by molar-refractivity contribution is 0.0848. The van der Waals surface area contributed by atoms with Crippen molar-refractivity contribution in [2.24, 2.45) is 4.99 Å². The van der Waals surface area contributed by atoms with Crippen LogP contribution in [0.1, 0.15) is 16.8 Å². The average molecular weight is 314 g/mol. The molecule has 1 saturated heterocycles. The molecular weight excluding hydrogens is 299 g/mol. The third-order valence-electron chi connectivity index (χ3n) is 3.29. The monoisotopic (exact) mass is 314 g/mol. The van der Waals surface area contributed by atoms with Crippen LogP contribution in [0.2, 0.25) is 0 Å². The molecule has 0 unspecified atom stereocenters. The molecular formula is C17H15FN2OS. The van der Waals surface area contributed by atoms with Crippen molar-refractivity contribution in [3.05, 3.63) is 66.0 Å². The van der Waals surface area contributed by atoms with Crippen LogP contribution >= 0.6 is 11.8 Å². The lowest BCUT2D eigenvalue weighted by Gasteiger charge is -2.27. The Kier molecular flexibility index (Phi) is 4.53. The van der Waals surface area contributed by atoms with Gasteiger partial charge in [0, 0.05) is 17.9 Å². The van der Waals surface area contributed by atoms with Crippen molar-refractivity contribution in [2.45, 2.75) is 6.42 Å². The molecule has 2 aromatic carbocycles. The molecule has 0 atom stereocenters. The second kappa shape index (κ2) is 6.75. The summed E-state index contributed by atoms with van der Waals surface area (Å²) in [5.41, 5.74) is 1.16. The minimum Gasteiger partial charge on any atom is -0.287 e. The normalized spacial score (nSPS) is 16.8. The minimum atomic E-state index is -0.405. The summed E-state index contributed by atoms with van der Waals surface area (Å²) in [6, 6.07) is 15.3. The second-order valence-electron chi connectivity index (χ2n) is 4.90. The van der Waals surface area contributed by atoms with Crippen LogP contribution in [0.3, 0.4) is 0 Å². The summed E-state index contributed by atoms with van der Waals surface area (Å²) in [6.45, 7) is 0.605. The summed E-state index contributed by atoms with van der Waals surface area (Å²) in [4.78, 5) is 18.8. The van der Waals surface area contributed by atoms with Crippen LogP contribution in [0.5, 0.6) is 0 Å². The van der Waals surface area contributed by atoms with Gasteiger partial charge in [-0.2, -0.15) is 0 Å². The molecule has 1 heterocycles. The fourth-order valence-electron chi connectivity index (χ4n) is 2.23. The number of amidine groups is 1. The van der Waals surface area contributed by atoms with Crippen molar-refractivity contribution < 1.29 is 9.18 Å². The van der Waals surface area contributed by atoms with Gasteiger partial charge in [-0.1, -0.05) is 36.0 Å². The highest BCUT2D eigenvalue weighted by Gasteiger charge is 2.25. The molecule has 1 aliphatic heterocycles. The molecule has 3 rings (SSSR count). The van der Waals surface area contributed by atoms with Crippen LogP contribution < -0.4 is 0 Å². The Morgan fingerprint density at radius 1 is 1.14 bits per heavy atom. The summed E-state index contributed by atoms with van der Waals surface area (Å²) in [6.07, 6.45) is 0.902. The Bertz CT molecular complexity index is 703. The standard InChI is InChI=1S/C17H15FN2OS/c18-14-7-4-6-13(12-14)16(21)20-10-5-11-22-17(20)19-15-8-2-1-3-9-15/h1-4,6-9,12H,5,10-11H2. The van der Waals surface area contributed by atoms with Crippen molar-refractivity contribution in [2.75, 3.05) is 12.3 Å². The predicted octanol–water partition coefficient (Wildman–Crippen LogP) is 4.09. The lowest BCUT2D eigenvalue weighted by Crippen LogP contribution is -2.39. The molecule has 0 bridgehead atoms. The van der Waals surface area contributed by atoms with Crippen LogP contribution in [-0.4, -0.2) is 28.3 Å². The van der Waals surface area contributed by atoms with Gasteiger partial charge in [0.05, 0.1) is 5.69 Å². The number of aliphatic imine (C=N–C) groups is 1. The maximum atomic E-state index is 13.3. The molecule has 0 saturated carbocycles. The highest BCUT2D eigenvalue weighted by molar-refractivity contribution is 8.13. The zero-order valence-corrected chi connectivity index (χ0v) is 12.7. The topological polar surface area (TPSA) is 32.7 Å². The van der Waals surface area contributed by atoms with Gasteiger partial charge in [0.2, 0.25) is 0 Å². The van der Waals surface area contributed by atoms with Crippen LogP contribution in [0, 0.1) is 5.82 Å². The number of carbonyl (C=O) groups excluding carboxylic acids is 1. The largest absolute Gasteiger partial charge is 0.287 e. The highest BCUT2D eigenvalue weighted by Crippen LogP contribution is 2.24. The fraction of sp³-hybridized carbons (Fsp3) is 0.176. The van der Waals surface area contributed by atoms with Crippen LogP contribution in [-0.2, 0) is 0 Å². The van der Waals surface area contributed by atoms with E-state index in [1.807, 2.05) is 30.3 Å². The van der Waals surface area contributed by atoms with Gasteiger partial charge in [0.15, 0.2) is 5.17 Å². The molecule has 112 valence electrons.